The van der Waals surface area contributed by atoms with Crippen LogP contribution in [-0.4, -0.2) is 52.7 Å². The van der Waals surface area contributed by atoms with Crippen LogP contribution in [0, 0.1) is 0 Å². The SMILES string of the molecule is CN1C(=O)c2cc(/C=C/C(=O)NO)ccc2OC12CCN(Cc1ccccc1)CC2. The number of nitrogens with one attached hydrogen (secondary N) is 1. The third kappa shape index (κ3) is 3.94. The standard InChI is InChI=1S/C23H25N3O4/c1-25-22(28)19-15-17(8-10-21(27)24-29)7-9-20(19)30-23(25)11-13-26(14-12-23)16-18-5-3-2-4-6-18/h2-10,15,29H,11-14,16H2,1H3,(H,24,27)/b10-8+. The molecule has 2 aliphatic rings. The second-order valence-electron chi connectivity index (χ2n) is 7.74. The highest BCUT2D eigenvalue weighted by Crippen LogP contribution is 2.39. The third-order valence-electron chi connectivity index (χ3n) is 5.87. The molecule has 0 saturated carbocycles. The molecule has 1 fully saturated rings. The Kier molecular flexibility index (Phi) is 5.57. The van der Waals surface area contributed by atoms with Crippen LogP contribution >= 0.6 is 0 Å². The second kappa shape index (κ2) is 8.30. The minimum Gasteiger partial charge on any atom is -0.467 e. The maximum Gasteiger partial charge on any atom is 0.267 e. The van der Waals surface area contributed by atoms with Crippen LogP contribution in [-0.2, 0) is 11.3 Å². The molecule has 156 valence electrons. The van der Waals surface area contributed by atoms with Gasteiger partial charge in [0.05, 0.1) is 5.56 Å². The first kappa shape index (κ1) is 20.1. The maximum absolute atomic E-state index is 13.1. The van der Waals surface area contributed by atoms with Crippen LogP contribution in [0.2, 0.25) is 0 Å². The number of nitrogens with zero attached hydrogens (tertiary/aromatic N) is 2. The summed E-state index contributed by atoms with van der Waals surface area (Å²) in [5.41, 5.74) is 3.34. The molecule has 4 rings (SSSR count). The predicted octanol–water partition coefficient (Wildman–Crippen LogP) is 2.66. The highest BCUT2D eigenvalue weighted by Gasteiger charge is 2.46. The van der Waals surface area contributed by atoms with Crippen LogP contribution in [0.1, 0.15) is 34.3 Å². The molecule has 2 heterocycles. The zero-order valence-electron chi connectivity index (χ0n) is 16.9. The number of ether oxygens (including phenoxy) is 1. The zero-order chi connectivity index (χ0) is 21.1. The molecule has 7 nitrogen and oxygen atoms in total. The Morgan fingerprint density at radius 3 is 2.63 bits per heavy atom. The summed E-state index contributed by atoms with van der Waals surface area (Å²) >= 11 is 0. The number of carbonyl (C=O) groups is 2. The lowest BCUT2D eigenvalue weighted by molar-refractivity contribution is -0.124. The van der Waals surface area contributed by atoms with E-state index in [9.17, 15) is 9.59 Å². The van der Waals surface area contributed by atoms with Gasteiger partial charge >= 0.3 is 0 Å². The number of rotatable bonds is 4. The summed E-state index contributed by atoms with van der Waals surface area (Å²) in [6.45, 7) is 2.58. The van der Waals surface area contributed by atoms with Gasteiger partial charge in [-0.3, -0.25) is 19.7 Å². The highest BCUT2D eigenvalue weighted by atomic mass is 16.5. The topological polar surface area (TPSA) is 82.1 Å². The molecule has 1 saturated heterocycles. The maximum atomic E-state index is 13.1. The third-order valence-corrected chi connectivity index (χ3v) is 5.87. The number of piperidine rings is 1. The van der Waals surface area contributed by atoms with Crippen molar-refractivity contribution < 1.29 is 19.5 Å². The van der Waals surface area contributed by atoms with Gasteiger partial charge in [-0.1, -0.05) is 36.4 Å². The van der Waals surface area contributed by atoms with E-state index in [2.05, 4.69) is 17.0 Å². The highest BCUT2D eigenvalue weighted by molar-refractivity contribution is 5.99. The van der Waals surface area contributed by atoms with Crippen LogP contribution in [0.5, 0.6) is 5.75 Å². The summed E-state index contributed by atoms with van der Waals surface area (Å²) in [5, 5.41) is 8.59. The van der Waals surface area contributed by atoms with Gasteiger partial charge in [0, 0.05) is 45.6 Å². The number of hydroxylamine groups is 1. The molecule has 0 aromatic heterocycles. The monoisotopic (exact) mass is 407 g/mol. The smallest absolute Gasteiger partial charge is 0.267 e. The van der Waals surface area contributed by atoms with Gasteiger partial charge < -0.3 is 9.64 Å². The number of hydrogen-bond acceptors (Lipinski definition) is 5. The molecule has 30 heavy (non-hydrogen) atoms. The minimum absolute atomic E-state index is 0.0883. The molecular formula is C23H25N3O4. The van der Waals surface area contributed by atoms with Crippen LogP contribution in [0.4, 0.5) is 0 Å². The van der Waals surface area contributed by atoms with Crippen molar-refractivity contribution in [3.05, 3.63) is 71.3 Å². The Hall–Kier alpha value is -3.16. The van der Waals surface area contributed by atoms with E-state index in [0.29, 0.717) is 16.9 Å². The van der Waals surface area contributed by atoms with E-state index in [1.54, 1.807) is 35.6 Å². The van der Waals surface area contributed by atoms with Crippen molar-refractivity contribution in [2.24, 2.45) is 0 Å². The number of likely N-dealkylation sites (tertiary alicyclic amines) is 1. The van der Waals surface area contributed by atoms with Crippen LogP contribution in [0.15, 0.2) is 54.6 Å². The Bertz CT molecular complexity index is 966. The van der Waals surface area contributed by atoms with Crippen LogP contribution in [0.25, 0.3) is 6.08 Å². The number of fused-ring (bicyclic) bond motifs is 1. The molecule has 0 atom stereocenters. The molecule has 7 heteroatoms. The summed E-state index contributed by atoms with van der Waals surface area (Å²) in [6.07, 6.45) is 4.20. The first-order valence-corrected chi connectivity index (χ1v) is 10.0. The van der Waals surface area contributed by atoms with Gasteiger partial charge in [-0.15, -0.1) is 0 Å². The fraction of sp³-hybridized carbons (Fsp3) is 0.304. The molecule has 2 aromatic rings. The average molecular weight is 407 g/mol. The summed E-state index contributed by atoms with van der Waals surface area (Å²) in [7, 11) is 1.79. The van der Waals surface area contributed by atoms with E-state index in [-0.39, 0.29) is 5.91 Å². The number of benzene rings is 2. The summed E-state index contributed by atoms with van der Waals surface area (Å²) in [6, 6.07) is 15.6. The van der Waals surface area contributed by atoms with Crippen molar-refractivity contribution in [3.63, 3.8) is 0 Å². The van der Waals surface area contributed by atoms with Crippen LogP contribution < -0.4 is 10.2 Å². The van der Waals surface area contributed by atoms with Crippen molar-refractivity contribution in [2.75, 3.05) is 20.1 Å². The van der Waals surface area contributed by atoms with Crippen LogP contribution in [0.3, 0.4) is 0 Å². The number of carbonyl (C=O) groups excluding carboxylic acids is 2. The summed E-state index contributed by atoms with van der Waals surface area (Å²) in [5.74, 6) is -0.151. The van der Waals surface area contributed by atoms with Crippen molar-refractivity contribution in [1.82, 2.24) is 15.3 Å². The fourth-order valence-electron chi connectivity index (χ4n) is 4.10. The lowest BCUT2D eigenvalue weighted by atomic mass is 9.94. The molecule has 2 amide bonds. The summed E-state index contributed by atoms with van der Waals surface area (Å²) < 4.78 is 6.38. The first-order valence-electron chi connectivity index (χ1n) is 10.0. The molecule has 2 N–H and O–H groups in total. The molecule has 2 aliphatic heterocycles. The number of amides is 2. The molecular weight excluding hydrogens is 382 g/mol. The Morgan fingerprint density at radius 2 is 1.93 bits per heavy atom. The normalized spacial score (nSPS) is 18.3. The quantitative estimate of drug-likeness (QED) is 0.463. The molecule has 0 unspecified atom stereocenters. The Morgan fingerprint density at radius 1 is 1.20 bits per heavy atom. The molecule has 0 aliphatic carbocycles. The Labute approximate surface area is 175 Å². The van der Waals surface area contributed by atoms with Crippen molar-refractivity contribution in [2.45, 2.75) is 25.1 Å². The lowest BCUT2D eigenvalue weighted by Gasteiger charge is -2.49. The van der Waals surface area contributed by atoms with E-state index in [1.807, 2.05) is 18.2 Å². The van der Waals surface area contributed by atoms with E-state index >= 15 is 0 Å². The van der Waals surface area contributed by atoms with Gasteiger partial charge in [-0.2, -0.15) is 0 Å². The molecule has 0 radical (unpaired) electrons. The first-order chi connectivity index (χ1) is 14.5. The fourth-order valence-corrected chi connectivity index (χ4v) is 4.10. The predicted molar refractivity (Wildman–Crippen MR) is 112 cm³/mol. The van der Waals surface area contributed by atoms with E-state index in [4.69, 9.17) is 9.94 Å². The van der Waals surface area contributed by atoms with Gasteiger partial charge in [0.25, 0.3) is 11.8 Å². The largest absolute Gasteiger partial charge is 0.467 e. The van der Waals surface area contributed by atoms with E-state index in [0.717, 1.165) is 32.5 Å². The minimum atomic E-state index is -0.634. The van der Waals surface area contributed by atoms with E-state index < -0.39 is 11.6 Å². The van der Waals surface area contributed by atoms with Crippen molar-refractivity contribution >= 4 is 17.9 Å². The van der Waals surface area contributed by atoms with Gasteiger partial charge in [-0.05, 0) is 29.3 Å². The van der Waals surface area contributed by atoms with Gasteiger partial charge in [0.1, 0.15) is 5.75 Å². The van der Waals surface area contributed by atoms with Gasteiger partial charge in [0.15, 0.2) is 5.72 Å². The van der Waals surface area contributed by atoms with Crippen molar-refractivity contribution in [1.29, 1.82) is 0 Å². The number of hydrogen-bond donors (Lipinski definition) is 2. The van der Waals surface area contributed by atoms with E-state index in [1.165, 1.54) is 17.7 Å². The summed E-state index contributed by atoms with van der Waals surface area (Å²) in [4.78, 5) is 28.4. The average Bonchev–Trinajstić information content (AvgIpc) is 2.78. The molecule has 2 aromatic carbocycles. The second-order valence-corrected chi connectivity index (χ2v) is 7.74. The molecule has 1 spiro atoms. The molecule has 0 bridgehead atoms. The lowest BCUT2D eigenvalue weighted by Crippen LogP contribution is -2.61. The zero-order valence-corrected chi connectivity index (χ0v) is 16.9. The van der Waals surface area contributed by atoms with Gasteiger partial charge in [-0.25, -0.2) is 5.48 Å². The Balaban J connectivity index is 1.48. The van der Waals surface area contributed by atoms with Crippen molar-refractivity contribution in [3.8, 4) is 5.75 Å². The van der Waals surface area contributed by atoms with Gasteiger partial charge in [0.2, 0.25) is 0 Å².